The van der Waals surface area contributed by atoms with Gasteiger partial charge in [-0.2, -0.15) is 0 Å². The van der Waals surface area contributed by atoms with Crippen LogP contribution in [0.1, 0.15) is 12.5 Å². The fourth-order valence-corrected chi connectivity index (χ4v) is 5.96. The predicted molar refractivity (Wildman–Crippen MR) is 144 cm³/mol. The number of alkyl halides is 3. The monoisotopic (exact) mass is 569 g/mol. The van der Waals surface area contributed by atoms with Crippen molar-refractivity contribution in [2.24, 2.45) is 0 Å². The van der Waals surface area contributed by atoms with Gasteiger partial charge in [0.15, 0.2) is 38.5 Å². The summed E-state index contributed by atoms with van der Waals surface area (Å²) >= 11 is 0. The van der Waals surface area contributed by atoms with Gasteiger partial charge in [0.2, 0.25) is 0 Å². The van der Waals surface area contributed by atoms with Crippen LogP contribution < -0.4 is 9.47 Å². The molecule has 0 saturated carbocycles. The molecule has 4 aromatic rings. The zero-order valence-corrected chi connectivity index (χ0v) is 22.2. The summed E-state index contributed by atoms with van der Waals surface area (Å²) in [5.74, 6) is -2.01. The summed E-state index contributed by atoms with van der Waals surface area (Å²) in [4.78, 5) is 15.4. The van der Waals surface area contributed by atoms with Gasteiger partial charge in [0.1, 0.15) is 5.75 Å². The second-order valence-electron chi connectivity index (χ2n) is 8.67. The summed E-state index contributed by atoms with van der Waals surface area (Å²) in [5.41, 5.74) is -1.02. The van der Waals surface area contributed by atoms with Crippen LogP contribution in [0.15, 0.2) is 130 Å². The van der Waals surface area contributed by atoms with Gasteiger partial charge in [-0.05, 0) is 67.1 Å². The Labute approximate surface area is 232 Å². The Bertz CT molecular complexity index is 1400. The van der Waals surface area contributed by atoms with E-state index in [9.17, 15) is 18.0 Å². The highest BCUT2D eigenvalue weighted by molar-refractivity contribution is 7.97. The van der Waals surface area contributed by atoms with Gasteiger partial charge in [0, 0.05) is 6.07 Å². The standard InChI is InChI=1S/C31H25F4O4S/c1-3-30(2,22-14-16-23(17-15-22)38-31(33,34)35)39-29(36)21-37-28-19-18-26(20-27(28)32)40(24-10-6-4-7-11-24)25-12-8-5-9-13-25/h3-20H,1,21H2,2H3/q+1. The van der Waals surface area contributed by atoms with E-state index in [-0.39, 0.29) is 5.75 Å². The minimum absolute atomic E-state index is 0.126. The van der Waals surface area contributed by atoms with Crippen LogP contribution in [-0.2, 0) is 26.0 Å². The van der Waals surface area contributed by atoms with Crippen LogP contribution in [0, 0.1) is 5.82 Å². The summed E-state index contributed by atoms with van der Waals surface area (Å²) in [5, 5.41) is 0. The van der Waals surface area contributed by atoms with Crippen LogP contribution >= 0.6 is 0 Å². The van der Waals surface area contributed by atoms with E-state index >= 15 is 4.39 Å². The van der Waals surface area contributed by atoms with Crippen molar-refractivity contribution in [3.05, 3.63) is 127 Å². The van der Waals surface area contributed by atoms with E-state index in [1.54, 1.807) is 6.07 Å². The predicted octanol–water partition coefficient (Wildman–Crippen LogP) is 7.84. The molecular formula is C31H25F4O4S+. The number of rotatable bonds is 10. The van der Waals surface area contributed by atoms with Crippen LogP contribution in [0.3, 0.4) is 0 Å². The van der Waals surface area contributed by atoms with Crippen molar-refractivity contribution in [1.82, 2.24) is 0 Å². The van der Waals surface area contributed by atoms with E-state index in [4.69, 9.17) is 9.47 Å². The second-order valence-corrected chi connectivity index (χ2v) is 10.7. The zero-order valence-electron chi connectivity index (χ0n) is 21.4. The first-order valence-electron chi connectivity index (χ1n) is 12.1. The van der Waals surface area contributed by atoms with Crippen LogP contribution in [-0.4, -0.2) is 18.9 Å². The fraction of sp³-hybridized carbons (Fsp3) is 0.129. The largest absolute Gasteiger partial charge is 0.573 e. The van der Waals surface area contributed by atoms with Crippen molar-refractivity contribution < 1.29 is 36.6 Å². The summed E-state index contributed by atoms with van der Waals surface area (Å²) in [6, 6.07) is 29.0. The van der Waals surface area contributed by atoms with E-state index in [2.05, 4.69) is 11.3 Å². The molecule has 1 atom stereocenters. The van der Waals surface area contributed by atoms with Crippen LogP contribution in [0.2, 0.25) is 0 Å². The quantitative estimate of drug-likeness (QED) is 0.0845. The van der Waals surface area contributed by atoms with Crippen molar-refractivity contribution in [2.45, 2.75) is 33.6 Å². The minimum Gasteiger partial charge on any atom is -0.479 e. The first-order valence-corrected chi connectivity index (χ1v) is 13.3. The molecule has 0 aromatic heterocycles. The smallest absolute Gasteiger partial charge is 0.479 e. The van der Waals surface area contributed by atoms with Gasteiger partial charge in [-0.1, -0.05) is 55.1 Å². The average molecular weight is 570 g/mol. The van der Waals surface area contributed by atoms with E-state index < -0.39 is 47.0 Å². The van der Waals surface area contributed by atoms with E-state index in [0.29, 0.717) is 5.56 Å². The number of hydrogen-bond donors (Lipinski definition) is 0. The topological polar surface area (TPSA) is 44.8 Å². The average Bonchev–Trinajstić information content (AvgIpc) is 2.93. The number of esters is 1. The normalized spacial score (nSPS) is 12.8. The van der Waals surface area contributed by atoms with Crippen molar-refractivity contribution >= 4 is 16.9 Å². The van der Waals surface area contributed by atoms with Crippen molar-refractivity contribution in [2.75, 3.05) is 6.61 Å². The molecule has 4 nitrogen and oxygen atoms in total. The number of benzene rings is 4. The van der Waals surface area contributed by atoms with Gasteiger partial charge in [-0.3, -0.25) is 0 Å². The Balaban J connectivity index is 1.45. The van der Waals surface area contributed by atoms with Crippen molar-refractivity contribution in [1.29, 1.82) is 0 Å². The van der Waals surface area contributed by atoms with E-state index in [1.807, 2.05) is 60.7 Å². The lowest BCUT2D eigenvalue weighted by molar-refractivity contribution is -0.274. The molecule has 0 spiro atoms. The molecule has 9 heteroatoms. The number of hydrogen-bond acceptors (Lipinski definition) is 4. The van der Waals surface area contributed by atoms with Crippen molar-refractivity contribution in [3.8, 4) is 11.5 Å². The molecule has 4 rings (SSSR count). The summed E-state index contributed by atoms with van der Waals surface area (Å²) in [6.07, 6.45) is -3.50. The summed E-state index contributed by atoms with van der Waals surface area (Å²) in [7, 11) is -0.559. The molecule has 0 N–H and O–H groups in total. The zero-order chi connectivity index (χ0) is 28.8. The maximum absolute atomic E-state index is 15.1. The molecule has 4 aromatic carbocycles. The van der Waals surface area contributed by atoms with Gasteiger partial charge >= 0.3 is 12.3 Å². The third-order valence-electron chi connectivity index (χ3n) is 5.82. The number of carbonyl (C=O) groups excluding carboxylic acids is 1. The number of ether oxygens (including phenoxy) is 3. The lowest BCUT2D eigenvalue weighted by Gasteiger charge is -2.27. The molecule has 0 amide bonds. The molecular weight excluding hydrogens is 544 g/mol. The Hall–Kier alpha value is -4.24. The number of halogens is 4. The number of carbonyl (C=O) groups is 1. The van der Waals surface area contributed by atoms with Crippen LogP contribution in [0.25, 0.3) is 0 Å². The first-order chi connectivity index (χ1) is 19.1. The molecule has 0 aliphatic heterocycles. The molecule has 0 radical (unpaired) electrons. The third kappa shape index (κ3) is 7.24. The Morgan fingerprint density at radius 3 is 1.93 bits per heavy atom. The lowest BCUT2D eigenvalue weighted by atomic mass is 9.96. The summed E-state index contributed by atoms with van der Waals surface area (Å²) in [6.45, 7) is 4.58. The van der Waals surface area contributed by atoms with Gasteiger partial charge in [0.05, 0.1) is 10.9 Å². The van der Waals surface area contributed by atoms with E-state index in [1.165, 1.54) is 37.3 Å². The SMILES string of the molecule is C=CC(C)(OC(=O)COc1ccc([S+](c2ccccc2)c2ccccc2)cc1F)c1ccc(OC(F)(F)F)cc1. The highest BCUT2D eigenvalue weighted by Gasteiger charge is 2.33. The Kier molecular flexibility index (Phi) is 8.84. The maximum Gasteiger partial charge on any atom is 0.573 e. The first kappa shape index (κ1) is 28.8. The third-order valence-corrected chi connectivity index (χ3v) is 8.03. The highest BCUT2D eigenvalue weighted by Crippen LogP contribution is 2.34. The van der Waals surface area contributed by atoms with Gasteiger partial charge in [-0.15, -0.1) is 13.2 Å². The molecule has 0 heterocycles. The van der Waals surface area contributed by atoms with Crippen LogP contribution in [0.4, 0.5) is 17.6 Å². The van der Waals surface area contributed by atoms with Gasteiger partial charge in [-0.25, -0.2) is 9.18 Å². The highest BCUT2D eigenvalue weighted by atomic mass is 32.2. The second kappa shape index (κ2) is 12.3. The Morgan fingerprint density at radius 2 is 1.43 bits per heavy atom. The van der Waals surface area contributed by atoms with Crippen molar-refractivity contribution in [3.63, 3.8) is 0 Å². The Morgan fingerprint density at radius 1 is 0.850 bits per heavy atom. The molecule has 206 valence electrons. The molecule has 1 unspecified atom stereocenters. The lowest BCUT2D eigenvalue weighted by Crippen LogP contribution is -2.29. The molecule has 0 aliphatic rings. The molecule has 0 saturated heterocycles. The van der Waals surface area contributed by atoms with Gasteiger partial charge < -0.3 is 14.2 Å². The fourth-order valence-electron chi connectivity index (χ4n) is 3.86. The molecule has 0 fully saturated rings. The molecule has 0 aliphatic carbocycles. The maximum atomic E-state index is 15.1. The molecule has 40 heavy (non-hydrogen) atoms. The minimum atomic E-state index is -4.83. The van der Waals surface area contributed by atoms with E-state index in [0.717, 1.165) is 26.8 Å². The summed E-state index contributed by atoms with van der Waals surface area (Å²) < 4.78 is 67.2. The van der Waals surface area contributed by atoms with Gasteiger partial charge in [0.25, 0.3) is 0 Å². The molecule has 0 bridgehead atoms. The van der Waals surface area contributed by atoms with Crippen LogP contribution in [0.5, 0.6) is 11.5 Å².